The molecular formula is C16H21NO3. The molecule has 0 aromatic heterocycles. The van der Waals surface area contributed by atoms with Crippen molar-refractivity contribution in [3.8, 4) is 0 Å². The number of carboxylic acid groups (broad SMARTS) is 1. The molecule has 1 aromatic carbocycles. The minimum Gasteiger partial charge on any atom is -0.481 e. The van der Waals surface area contributed by atoms with E-state index in [0.29, 0.717) is 13.0 Å². The summed E-state index contributed by atoms with van der Waals surface area (Å²) in [5.74, 6) is -0.657. The Morgan fingerprint density at radius 3 is 2.80 bits per heavy atom. The van der Waals surface area contributed by atoms with Gasteiger partial charge in [0.05, 0.1) is 5.92 Å². The van der Waals surface area contributed by atoms with Crippen molar-refractivity contribution in [3.63, 3.8) is 0 Å². The van der Waals surface area contributed by atoms with E-state index in [1.54, 1.807) is 0 Å². The fourth-order valence-electron chi connectivity index (χ4n) is 2.74. The number of unbranched alkanes of at least 4 members (excludes halogenated alkanes) is 2. The highest BCUT2D eigenvalue weighted by Gasteiger charge is 2.27. The molecule has 0 spiro atoms. The van der Waals surface area contributed by atoms with Crippen molar-refractivity contribution < 1.29 is 14.7 Å². The van der Waals surface area contributed by atoms with Crippen molar-refractivity contribution in [2.75, 3.05) is 6.54 Å². The molecular weight excluding hydrogens is 254 g/mol. The number of benzene rings is 1. The predicted octanol–water partition coefficient (Wildman–Crippen LogP) is 2.48. The van der Waals surface area contributed by atoms with Crippen molar-refractivity contribution in [1.82, 2.24) is 5.32 Å². The number of hydrogen-bond acceptors (Lipinski definition) is 2. The van der Waals surface area contributed by atoms with Crippen LogP contribution in [0.15, 0.2) is 24.3 Å². The first-order valence-corrected chi connectivity index (χ1v) is 7.26. The summed E-state index contributed by atoms with van der Waals surface area (Å²) >= 11 is 0. The predicted molar refractivity (Wildman–Crippen MR) is 76.6 cm³/mol. The molecule has 1 aliphatic rings. The van der Waals surface area contributed by atoms with Gasteiger partial charge in [0.15, 0.2) is 0 Å². The van der Waals surface area contributed by atoms with Crippen molar-refractivity contribution in [1.29, 1.82) is 0 Å². The fourth-order valence-corrected chi connectivity index (χ4v) is 2.74. The Bertz CT molecular complexity index is 484. The normalized spacial score (nSPS) is 16.7. The zero-order chi connectivity index (χ0) is 14.4. The van der Waals surface area contributed by atoms with Crippen LogP contribution < -0.4 is 5.32 Å². The van der Waals surface area contributed by atoms with Crippen LogP contribution in [-0.4, -0.2) is 23.5 Å². The van der Waals surface area contributed by atoms with Gasteiger partial charge in [-0.05, 0) is 36.8 Å². The molecule has 0 saturated carbocycles. The van der Waals surface area contributed by atoms with Gasteiger partial charge in [-0.3, -0.25) is 9.59 Å². The Morgan fingerprint density at radius 2 is 2.00 bits per heavy atom. The molecule has 2 N–H and O–H groups in total. The number of aliphatic carboxylic acids is 1. The SMILES string of the molecule is O=C(O)CCCCCNC(=O)C1CCc2ccccc21. The number of aryl methyl sites for hydroxylation is 1. The monoisotopic (exact) mass is 275 g/mol. The number of carbonyl (C=O) groups is 2. The van der Waals surface area contributed by atoms with E-state index in [2.05, 4.69) is 11.4 Å². The Hall–Kier alpha value is -1.84. The third kappa shape index (κ3) is 3.83. The van der Waals surface area contributed by atoms with E-state index in [-0.39, 0.29) is 18.2 Å². The van der Waals surface area contributed by atoms with Crippen LogP contribution in [0.5, 0.6) is 0 Å². The molecule has 0 heterocycles. The van der Waals surface area contributed by atoms with Crippen molar-refractivity contribution in [2.45, 2.75) is 44.4 Å². The molecule has 0 aliphatic heterocycles. The molecule has 108 valence electrons. The van der Waals surface area contributed by atoms with E-state index in [0.717, 1.165) is 31.2 Å². The van der Waals surface area contributed by atoms with Crippen LogP contribution in [0.3, 0.4) is 0 Å². The molecule has 0 saturated heterocycles. The lowest BCUT2D eigenvalue weighted by atomic mass is 10.0. The van der Waals surface area contributed by atoms with E-state index in [4.69, 9.17) is 5.11 Å². The molecule has 1 aromatic rings. The molecule has 1 amide bonds. The number of hydrogen-bond donors (Lipinski definition) is 2. The summed E-state index contributed by atoms with van der Waals surface area (Å²) in [6.45, 7) is 0.636. The van der Waals surface area contributed by atoms with Crippen LogP contribution >= 0.6 is 0 Å². The van der Waals surface area contributed by atoms with Crippen LogP contribution in [0.2, 0.25) is 0 Å². The maximum atomic E-state index is 12.1. The molecule has 20 heavy (non-hydrogen) atoms. The van der Waals surface area contributed by atoms with Gasteiger partial charge < -0.3 is 10.4 Å². The van der Waals surface area contributed by atoms with Gasteiger partial charge in [0.25, 0.3) is 0 Å². The average Bonchev–Trinajstić information content (AvgIpc) is 2.86. The summed E-state index contributed by atoms with van der Waals surface area (Å²) in [4.78, 5) is 22.5. The number of amides is 1. The highest BCUT2D eigenvalue weighted by Crippen LogP contribution is 2.32. The van der Waals surface area contributed by atoms with Crippen molar-refractivity contribution >= 4 is 11.9 Å². The second-order valence-corrected chi connectivity index (χ2v) is 5.29. The molecule has 1 atom stereocenters. The lowest BCUT2D eigenvalue weighted by molar-refractivity contribution is -0.137. The van der Waals surface area contributed by atoms with Gasteiger partial charge in [-0.1, -0.05) is 30.7 Å². The summed E-state index contributed by atoms with van der Waals surface area (Å²) in [6.07, 6.45) is 4.44. The molecule has 0 radical (unpaired) electrons. The Kier molecular flexibility index (Phi) is 5.16. The number of fused-ring (bicyclic) bond motifs is 1. The van der Waals surface area contributed by atoms with Crippen LogP contribution in [0.25, 0.3) is 0 Å². The minimum absolute atomic E-state index is 0.00906. The maximum Gasteiger partial charge on any atom is 0.303 e. The van der Waals surface area contributed by atoms with E-state index in [1.165, 1.54) is 5.56 Å². The highest BCUT2D eigenvalue weighted by molar-refractivity contribution is 5.84. The quantitative estimate of drug-likeness (QED) is 0.751. The van der Waals surface area contributed by atoms with E-state index >= 15 is 0 Å². The molecule has 1 aliphatic carbocycles. The fraction of sp³-hybridized carbons (Fsp3) is 0.500. The summed E-state index contributed by atoms with van der Waals surface area (Å²) < 4.78 is 0. The van der Waals surface area contributed by atoms with Gasteiger partial charge in [-0.2, -0.15) is 0 Å². The summed E-state index contributed by atoms with van der Waals surface area (Å²) in [7, 11) is 0. The number of rotatable bonds is 7. The largest absolute Gasteiger partial charge is 0.481 e. The summed E-state index contributed by atoms with van der Waals surface area (Å²) in [5, 5.41) is 11.5. The first kappa shape index (κ1) is 14.6. The van der Waals surface area contributed by atoms with Crippen LogP contribution in [0.4, 0.5) is 0 Å². The standard InChI is InChI=1S/C16H21NO3/c18-15(19)8-2-1-5-11-17-16(20)14-10-9-12-6-3-4-7-13(12)14/h3-4,6-7,14H,1-2,5,8-11H2,(H,17,20)(H,18,19). The molecule has 4 heteroatoms. The van der Waals surface area contributed by atoms with Gasteiger partial charge in [0.1, 0.15) is 0 Å². The number of nitrogens with one attached hydrogen (secondary N) is 1. The summed E-state index contributed by atoms with van der Waals surface area (Å²) in [6, 6.07) is 8.13. The molecule has 1 unspecified atom stereocenters. The van der Waals surface area contributed by atoms with E-state index in [1.807, 2.05) is 18.2 Å². The third-order valence-electron chi connectivity index (χ3n) is 3.82. The van der Waals surface area contributed by atoms with Crippen LogP contribution in [0, 0.1) is 0 Å². The van der Waals surface area contributed by atoms with Crippen molar-refractivity contribution in [3.05, 3.63) is 35.4 Å². The minimum atomic E-state index is -0.753. The lowest BCUT2D eigenvalue weighted by Crippen LogP contribution is -2.29. The van der Waals surface area contributed by atoms with Gasteiger partial charge in [-0.15, -0.1) is 0 Å². The van der Waals surface area contributed by atoms with E-state index in [9.17, 15) is 9.59 Å². The highest BCUT2D eigenvalue weighted by atomic mass is 16.4. The first-order chi connectivity index (χ1) is 9.68. The van der Waals surface area contributed by atoms with Crippen LogP contribution in [-0.2, 0) is 16.0 Å². The average molecular weight is 275 g/mol. The Labute approximate surface area is 119 Å². The first-order valence-electron chi connectivity index (χ1n) is 7.26. The van der Waals surface area contributed by atoms with Gasteiger partial charge >= 0.3 is 5.97 Å². The Balaban J connectivity index is 1.70. The molecule has 2 rings (SSSR count). The number of carboxylic acids is 1. The third-order valence-corrected chi connectivity index (χ3v) is 3.82. The van der Waals surface area contributed by atoms with Crippen LogP contribution in [0.1, 0.15) is 49.1 Å². The van der Waals surface area contributed by atoms with Gasteiger partial charge in [0, 0.05) is 13.0 Å². The van der Waals surface area contributed by atoms with Gasteiger partial charge in [-0.25, -0.2) is 0 Å². The Morgan fingerprint density at radius 1 is 1.20 bits per heavy atom. The maximum absolute atomic E-state index is 12.1. The summed E-state index contributed by atoms with van der Waals surface area (Å²) in [5.41, 5.74) is 2.45. The second-order valence-electron chi connectivity index (χ2n) is 5.29. The van der Waals surface area contributed by atoms with E-state index < -0.39 is 5.97 Å². The molecule has 0 fully saturated rings. The van der Waals surface area contributed by atoms with Gasteiger partial charge in [0.2, 0.25) is 5.91 Å². The zero-order valence-electron chi connectivity index (χ0n) is 11.6. The lowest BCUT2D eigenvalue weighted by Gasteiger charge is -2.12. The number of carbonyl (C=O) groups excluding carboxylic acids is 1. The second kappa shape index (κ2) is 7.08. The van der Waals surface area contributed by atoms with Crippen molar-refractivity contribution in [2.24, 2.45) is 0 Å². The zero-order valence-corrected chi connectivity index (χ0v) is 11.6. The smallest absolute Gasteiger partial charge is 0.303 e. The topological polar surface area (TPSA) is 66.4 Å². The molecule has 4 nitrogen and oxygen atoms in total. The molecule has 0 bridgehead atoms.